The van der Waals surface area contributed by atoms with Gasteiger partial charge < -0.3 is 15.2 Å². The van der Waals surface area contributed by atoms with Gasteiger partial charge in [0.2, 0.25) is 11.7 Å². The zero-order chi connectivity index (χ0) is 18.7. The van der Waals surface area contributed by atoms with Crippen LogP contribution in [0.15, 0.2) is 53.1 Å². The third kappa shape index (κ3) is 4.00. The Bertz CT molecular complexity index is 938. The number of carbonyl (C=O) groups is 1. The summed E-state index contributed by atoms with van der Waals surface area (Å²) in [6.45, 7) is 1.64. The molecule has 0 aliphatic heterocycles. The molecule has 0 aliphatic rings. The summed E-state index contributed by atoms with van der Waals surface area (Å²) in [5.41, 5.74) is -0.295. The number of para-hydroxylation sites is 1. The molecule has 0 fully saturated rings. The molecule has 2 aromatic carbocycles. The van der Waals surface area contributed by atoms with Crippen LogP contribution in [0.4, 0.5) is 29.3 Å². The molecule has 0 radical (unpaired) electrons. The lowest BCUT2D eigenvalue weighted by atomic mass is 10.1. The second-order valence-corrected chi connectivity index (χ2v) is 5.34. The molecule has 0 saturated carbocycles. The van der Waals surface area contributed by atoms with Crippen LogP contribution in [0.1, 0.15) is 11.5 Å². The summed E-state index contributed by atoms with van der Waals surface area (Å²) in [5.74, 6) is 0.730. The van der Waals surface area contributed by atoms with Crippen LogP contribution in [0.25, 0.3) is 11.4 Å². The van der Waals surface area contributed by atoms with Gasteiger partial charge in [0.25, 0.3) is 0 Å². The minimum absolute atomic E-state index is 0.331. The fourth-order valence-corrected chi connectivity index (χ4v) is 2.28. The molecule has 26 heavy (non-hydrogen) atoms. The Morgan fingerprint density at radius 2 is 1.85 bits per heavy atom. The number of benzene rings is 2. The molecule has 1 aromatic heterocycles. The number of hydrogen-bond acceptors (Lipinski definition) is 4. The number of carbonyl (C=O) groups excluding carboxylic acids is 1. The molecule has 3 rings (SSSR count). The first kappa shape index (κ1) is 17.5. The summed E-state index contributed by atoms with van der Waals surface area (Å²) >= 11 is 0. The van der Waals surface area contributed by atoms with Crippen LogP contribution in [-0.2, 0) is 6.18 Å². The van der Waals surface area contributed by atoms with Gasteiger partial charge in [0.1, 0.15) is 0 Å². The Kier molecular flexibility index (Phi) is 4.61. The van der Waals surface area contributed by atoms with E-state index >= 15 is 0 Å². The van der Waals surface area contributed by atoms with Gasteiger partial charge in [-0.1, -0.05) is 29.4 Å². The molecule has 0 saturated heterocycles. The largest absolute Gasteiger partial charge is 0.418 e. The maximum absolute atomic E-state index is 13.0. The zero-order valence-electron chi connectivity index (χ0n) is 13.5. The van der Waals surface area contributed by atoms with E-state index < -0.39 is 17.8 Å². The van der Waals surface area contributed by atoms with Crippen molar-refractivity contribution >= 4 is 17.4 Å². The van der Waals surface area contributed by atoms with Gasteiger partial charge >= 0.3 is 12.2 Å². The Hall–Kier alpha value is -3.36. The molecule has 0 unspecified atom stereocenters. The van der Waals surface area contributed by atoms with Gasteiger partial charge in [0.05, 0.1) is 11.3 Å². The predicted octanol–water partition coefficient (Wildman–Crippen LogP) is 4.71. The molecular weight excluding hydrogens is 349 g/mol. The molecule has 6 nitrogen and oxygen atoms in total. The summed E-state index contributed by atoms with van der Waals surface area (Å²) in [6.07, 6.45) is -4.57. The Morgan fingerprint density at radius 1 is 1.08 bits per heavy atom. The van der Waals surface area contributed by atoms with Crippen LogP contribution in [0.3, 0.4) is 0 Å². The average Bonchev–Trinajstić information content (AvgIpc) is 3.01. The third-order valence-electron chi connectivity index (χ3n) is 3.39. The highest BCUT2D eigenvalue weighted by Gasteiger charge is 2.33. The number of anilines is 2. The maximum Gasteiger partial charge on any atom is 0.418 e. The molecular formula is C17H13F3N4O2. The van der Waals surface area contributed by atoms with Gasteiger partial charge in [0.15, 0.2) is 0 Å². The van der Waals surface area contributed by atoms with Crippen molar-refractivity contribution in [2.45, 2.75) is 13.1 Å². The number of aromatic nitrogens is 2. The minimum Gasteiger partial charge on any atom is -0.339 e. The van der Waals surface area contributed by atoms with E-state index in [2.05, 4.69) is 20.8 Å². The SMILES string of the molecule is Cc1nc(-c2cccc(NC(=O)Nc3ccccc3C(F)(F)F)c2)no1. The van der Waals surface area contributed by atoms with Crippen molar-refractivity contribution in [2.24, 2.45) is 0 Å². The smallest absolute Gasteiger partial charge is 0.339 e. The van der Waals surface area contributed by atoms with Gasteiger partial charge in [-0.3, -0.25) is 0 Å². The first-order valence-electron chi connectivity index (χ1n) is 7.48. The van der Waals surface area contributed by atoms with E-state index in [-0.39, 0.29) is 5.69 Å². The van der Waals surface area contributed by atoms with Gasteiger partial charge in [-0.15, -0.1) is 0 Å². The van der Waals surface area contributed by atoms with E-state index in [0.29, 0.717) is 23.0 Å². The molecule has 9 heteroatoms. The zero-order valence-corrected chi connectivity index (χ0v) is 13.5. The molecule has 134 valence electrons. The number of nitrogens with zero attached hydrogens (tertiary/aromatic N) is 2. The topological polar surface area (TPSA) is 80.0 Å². The van der Waals surface area contributed by atoms with Gasteiger partial charge in [-0.2, -0.15) is 18.2 Å². The van der Waals surface area contributed by atoms with Crippen LogP contribution >= 0.6 is 0 Å². The summed E-state index contributed by atoms with van der Waals surface area (Å²) < 4.78 is 43.8. The van der Waals surface area contributed by atoms with Gasteiger partial charge in [-0.05, 0) is 24.3 Å². The predicted molar refractivity (Wildman–Crippen MR) is 88.6 cm³/mol. The summed E-state index contributed by atoms with van der Waals surface area (Å²) in [5, 5.41) is 8.46. The highest BCUT2D eigenvalue weighted by molar-refractivity contribution is 6.00. The van der Waals surface area contributed by atoms with E-state index in [0.717, 1.165) is 6.07 Å². The summed E-state index contributed by atoms with van der Waals surface area (Å²) in [6, 6.07) is 10.5. The second-order valence-electron chi connectivity index (χ2n) is 5.34. The maximum atomic E-state index is 13.0. The van der Waals surface area contributed by atoms with Crippen molar-refractivity contribution in [3.63, 3.8) is 0 Å². The van der Waals surface area contributed by atoms with E-state index in [1.54, 1.807) is 31.2 Å². The Balaban J connectivity index is 1.76. The van der Waals surface area contributed by atoms with Crippen molar-refractivity contribution in [1.29, 1.82) is 0 Å². The lowest BCUT2D eigenvalue weighted by Crippen LogP contribution is -2.21. The highest BCUT2D eigenvalue weighted by atomic mass is 19.4. The van der Waals surface area contributed by atoms with Crippen LogP contribution in [0.5, 0.6) is 0 Å². The number of alkyl halides is 3. The molecule has 0 atom stereocenters. The Labute approximate surface area is 146 Å². The van der Waals surface area contributed by atoms with Crippen LogP contribution in [0.2, 0.25) is 0 Å². The molecule has 2 amide bonds. The minimum atomic E-state index is -4.57. The fraction of sp³-hybridized carbons (Fsp3) is 0.118. The monoisotopic (exact) mass is 362 g/mol. The number of urea groups is 1. The number of nitrogens with one attached hydrogen (secondary N) is 2. The van der Waals surface area contributed by atoms with Gasteiger partial charge in [-0.25, -0.2) is 4.79 Å². The van der Waals surface area contributed by atoms with Crippen LogP contribution in [-0.4, -0.2) is 16.2 Å². The third-order valence-corrected chi connectivity index (χ3v) is 3.39. The first-order chi connectivity index (χ1) is 12.3. The average molecular weight is 362 g/mol. The molecule has 0 spiro atoms. The van der Waals surface area contributed by atoms with Crippen LogP contribution in [0, 0.1) is 6.92 Å². The van der Waals surface area contributed by atoms with E-state index in [9.17, 15) is 18.0 Å². The summed E-state index contributed by atoms with van der Waals surface area (Å²) in [4.78, 5) is 16.2. The fourth-order valence-electron chi connectivity index (χ4n) is 2.28. The number of aryl methyl sites for hydroxylation is 1. The molecule has 2 N–H and O–H groups in total. The molecule has 0 bridgehead atoms. The Morgan fingerprint density at radius 3 is 2.54 bits per heavy atom. The van der Waals surface area contributed by atoms with Crippen molar-refractivity contribution in [3.8, 4) is 11.4 Å². The van der Waals surface area contributed by atoms with Gasteiger partial charge in [0, 0.05) is 18.2 Å². The lowest BCUT2D eigenvalue weighted by Gasteiger charge is -2.14. The number of hydrogen-bond donors (Lipinski definition) is 2. The summed E-state index contributed by atoms with van der Waals surface area (Å²) in [7, 11) is 0. The quantitative estimate of drug-likeness (QED) is 0.707. The molecule has 1 heterocycles. The van der Waals surface area contributed by atoms with Crippen molar-refractivity contribution < 1.29 is 22.5 Å². The van der Waals surface area contributed by atoms with E-state index in [1.165, 1.54) is 18.2 Å². The van der Waals surface area contributed by atoms with E-state index in [1.807, 2.05) is 0 Å². The van der Waals surface area contributed by atoms with Crippen molar-refractivity contribution in [1.82, 2.24) is 10.1 Å². The van der Waals surface area contributed by atoms with Crippen molar-refractivity contribution in [2.75, 3.05) is 10.6 Å². The van der Waals surface area contributed by atoms with Crippen molar-refractivity contribution in [3.05, 3.63) is 60.0 Å². The normalized spacial score (nSPS) is 11.2. The standard InChI is InChI=1S/C17H13F3N4O2/c1-10-21-15(24-26-10)11-5-4-6-12(9-11)22-16(25)23-14-8-3-2-7-13(14)17(18,19)20/h2-9H,1H3,(H2,22,23,25). The second kappa shape index (κ2) is 6.87. The number of rotatable bonds is 3. The number of halogens is 3. The van der Waals surface area contributed by atoms with Crippen LogP contribution < -0.4 is 10.6 Å². The first-order valence-corrected chi connectivity index (χ1v) is 7.48. The molecule has 0 aliphatic carbocycles. The number of amides is 2. The molecule has 3 aromatic rings. The van der Waals surface area contributed by atoms with E-state index in [4.69, 9.17) is 4.52 Å². The highest BCUT2D eigenvalue weighted by Crippen LogP contribution is 2.34. The lowest BCUT2D eigenvalue weighted by molar-refractivity contribution is -0.136.